The van der Waals surface area contributed by atoms with Crippen LogP contribution in [0.3, 0.4) is 0 Å². The molecule has 4 aliphatic rings. The minimum atomic E-state index is -3.98. The summed E-state index contributed by atoms with van der Waals surface area (Å²) in [5.74, 6) is 4.90. The van der Waals surface area contributed by atoms with Gasteiger partial charge in [-0.15, -0.1) is 0 Å². The van der Waals surface area contributed by atoms with E-state index in [0.29, 0.717) is 36.0 Å². The van der Waals surface area contributed by atoms with E-state index in [1.165, 1.54) is 21.9 Å². The third-order valence-corrected chi connectivity index (χ3v) is 20.9. The summed E-state index contributed by atoms with van der Waals surface area (Å²) in [7, 11) is 3.16. The Hall–Kier alpha value is -9.05. The first kappa shape index (κ1) is 63.1. The summed E-state index contributed by atoms with van der Waals surface area (Å²) in [5, 5.41) is 1.47. The van der Waals surface area contributed by atoms with Gasteiger partial charge in [0.2, 0.25) is 11.8 Å². The third kappa shape index (κ3) is 13.2. The molecule has 21 heteroatoms. The van der Waals surface area contributed by atoms with Gasteiger partial charge in [-0.3, -0.25) is 29.0 Å². The number of anilines is 2. The van der Waals surface area contributed by atoms with Crippen molar-refractivity contribution in [2.75, 3.05) is 103 Å². The van der Waals surface area contributed by atoms with Crippen molar-refractivity contribution in [3.8, 4) is 33.8 Å². The number of aromatic amines is 1. The van der Waals surface area contributed by atoms with E-state index in [2.05, 4.69) is 73.1 Å². The molecule has 4 fully saturated rings. The topological polar surface area (TPSA) is 197 Å². The zero-order chi connectivity index (χ0) is 64.4. The molecule has 4 aliphatic heterocycles. The summed E-state index contributed by atoms with van der Waals surface area (Å²) in [6.07, 6.45) is 14.7. The Bertz CT molecular complexity index is 4320. The maximum atomic E-state index is 13.6. The average Bonchev–Trinajstić information content (AvgIpc) is 1.55. The molecule has 480 valence electrons. The van der Waals surface area contributed by atoms with Crippen molar-refractivity contribution < 1.29 is 27.5 Å². The molecule has 0 radical (unpaired) electrons. The first-order chi connectivity index (χ1) is 44.4. The van der Waals surface area contributed by atoms with Crippen LogP contribution in [0.25, 0.3) is 44.1 Å². The maximum absolute atomic E-state index is 13.6. The Morgan fingerprint density at radius 2 is 1.00 bits per heavy atom. The number of piperidine rings is 2. The quantitative estimate of drug-likeness (QED) is 0.0964. The number of hydrogen-bond acceptors (Lipinski definition) is 14. The number of nitrogens with one attached hydrogen (secondary N) is 1. The Balaban J connectivity index is 0.000000182. The van der Waals surface area contributed by atoms with Crippen molar-refractivity contribution in [1.82, 2.24) is 47.7 Å². The molecule has 13 rings (SSSR count). The molecule has 0 unspecified atom stereocenters. The largest absolute Gasteiger partial charge is 0.492 e. The van der Waals surface area contributed by atoms with E-state index in [1.54, 1.807) is 71.2 Å². The number of fused-ring (bicyclic) bond motifs is 2. The van der Waals surface area contributed by atoms with Crippen molar-refractivity contribution in [3.63, 3.8) is 0 Å². The Morgan fingerprint density at radius 3 is 1.47 bits per heavy atom. The number of aromatic nitrogens is 6. The van der Waals surface area contributed by atoms with Gasteiger partial charge in [-0.1, -0.05) is 42.0 Å². The molecule has 6 aromatic heterocycles. The van der Waals surface area contributed by atoms with Crippen LogP contribution in [0.2, 0.25) is 0 Å². The van der Waals surface area contributed by atoms with Crippen molar-refractivity contribution in [2.45, 2.75) is 75.3 Å². The lowest BCUT2D eigenvalue weighted by Gasteiger charge is -2.37. The number of nitrogens with zero attached hydrogens (tertiary/aromatic N) is 11. The molecule has 20 nitrogen and oxygen atoms in total. The fraction of sp³-hybridized carbons (Fsp3) is 0.380. The highest BCUT2D eigenvalue weighted by Crippen LogP contribution is 2.36. The second-order valence-electron chi connectivity index (χ2n) is 25.0. The predicted octanol–water partition coefficient (Wildman–Crippen LogP) is 8.73. The molecule has 4 saturated heterocycles. The molecule has 2 atom stereocenters. The van der Waals surface area contributed by atoms with Crippen LogP contribution in [0.5, 0.6) is 11.5 Å². The first-order valence-corrected chi connectivity index (χ1v) is 33.4. The number of carbonyl (C=O) groups excluding carboxylic acids is 2. The molecule has 0 bridgehead atoms. The lowest BCUT2D eigenvalue weighted by atomic mass is 9.89. The van der Waals surface area contributed by atoms with Crippen LogP contribution in [0, 0.1) is 6.92 Å². The second-order valence-corrected chi connectivity index (χ2v) is 26.8. The minimum absolute atomic E-state index is 0.0296. The molecule has 3 aromatic carbocycles. The van der Waals surface area contributed by atoms with Crippen LogP contribution < -0.4 is 30.4 Å². The summed E-state index contributed by atoms with van der Waals surface area (Å²) < 4.78 is 43.3. The number of carbonyl (C=O) groups is 2. The molecule has 2 amide bonds. The van der Waals surface area contributed by atoms with Crippen LogP contribution in [0.1, 0.15) is 68.1 Å². The monoisotopic (exact) mass is 1260 g/mol. The Labute approximate surface area is 537 Å². The number of amides is 2. The molecule has 9 aromatic rings. The molecule has 1 N–H and O–H groups in total. The molecular formula is C71H82N12O8S. The van der Waals surface area contributed by atoms with Gasteiger partial charge < -0.3 is 43.2 Å². The Morgan fingerprint density at radius 1 is 0.533 bits per heavy atom. The molecular weight excluding hydrogens is 1180 g/mol. The van der Waals surface area contributed by atoms with Crippen molar-refractivity contribution in [2.24, 2.45) is 14.1 Å². The number of hydrogen-bond donors (Lipinski definition) is 1. The number of aryl methyl sites for hydroxylation is 3. The van der Waals surface area contributed by atoms with Crippen LogP contribution in [0.4, 0.5) is 11.6 Å². The van der Waals surface area contributed by atoms with E-state index in [1.807, 2.05) is 83.8 Å². The molecule has 10 heterocycles. The van der Waals surface area contributed by atoms with Gasteiger partial charge in [0, 0.05) is 164 Å². The normalized spacial score (nSPS) is 18.2. The number of rotatable bonds is 16. The first-order valence-electron chi connectivity index (χ1n) is 32.0. The number of piperazine rings is 2. The smallest absolute Gasteiger partial charge is 0.275 e. The van der Waals surface area contributed by atoms with Gasteiger partial charge in [-0.05, 0) is 142 Å². The van der Waals surface area contributed by atoms with Gasteiger partial charge in [0.05, 0.1) is 17.0 Å². The number of benzene rings is 3. The average molecular weight is 1260 g/mol. The molecule has 92 heavy (non-hydrogen) atoms. The zero-order valence-electron chi connectivity index (χ0n) is 53.6. The van der Waals surface area contributed by atoms with Gasteiger partial charge >= 0.3 is 0 Å². The van der Waals surface area contributed by atoms with Crippen LogP contribution >= 0.6 is 0 Å². The molecule has 0 spiro atoms. The number of ether oxygens (including phenoxy) is 2. The predicted molar refractivity (Wildman–Crippen MR) is 361 cm³/mol. The van der Waals surface area contributed by atoms with Crippen molar-refractivity contribution >= 4 is 55.3 Å². The lowest BCUT2D eigenvalue weighted by molar-refractivity contribution is -0.140. The molecule has 0 aliphatic carbocycles. The summed E-state index contributed by atoms with van der Waals surface area (Å²) in [6, 6.07) is 35.2. The van der Waals surface area contributed by atoms with E-state index >= 15 is 0 Å². The van der Waals surface area contributed by atoms with E-state index in [9.17, 15) is 27.6 Å². The summed E-state index contributed by atoms with van der Waals surface area (Å²) in [4.78, 5) is 75.6. The summed E-state index contributed by atoms with van der Waals surface area (Å²) in [5.41, 5.74) is 7.44. The summed E-state index contributed by atoms with van der Waals surface area (Å²) >= 11 is 0. The maximum Gasteiger partial charge on any atom is 0.275 e. The zero-order valence-corrected chi connectivity index (χ0v) is 54.4. The van der Waals surface area contributed by atoms with E-state index in [-0.39, 0.29) is 39.9 Å². The van der Waals surface area contributed by atoms with Crippen molar-refractivity contribution in [3.05, 3.63) is 184 Å². The van der Waals surface area contributed by atoms with E-state index in [4.69, 9.17) is 19.4 Å². The summed E-state index contributed by atoms with van der Waals surface area (Å²) in [6.45, 7) is 15.3. The third-order valence-electron chi connectivity index (χ3n) is 19.2. The second kappa shape index (κ2) is 27.0. The van der Waals surface area contributed by atoms with Gasteiger partial charge in [0.25, 0.3) is 21.1 Å². The minimum Gasteiger partial charge on any atom is -0.492 e. The highest BCUT2D eigenvalue weighted by molar-refractivity contribution is 7.90. The highest BCUT2D eigenvalue weighted by atomic mass is 32.2. The number of H-pyrrole nitrogens is 1. The number of likely N-dealkylation sites (N-methyl/N-ethyl adjacent to an activating group) is 2. The van der Waals surface area contributed by atoms with Crippen molar-refractivity contribution in [1.29, 1.82) is 0 Å². The van der Waals surface area contributed by atoms with Gasteiger partial charge in [0.15, 0.2) is 0 Å². The van der Waals surface area contributed by atoms with E-state index in [0.717, 1.165) is 151 Å². The van der Waals surface area contributed by atoms with Crippen LogP contribution in [-0.2, 0) is 33.7 Å². The SMILES string of the molecule is C[C@@H]1C(=O)N(C)CCN1CCOc1ccc(C2CCN(c3ccc(-c4cn(C)c(=O)c5[nH]ccc45)cn3)CC2)cc1.Cc1ccc(S(=O)(=O)n2ccc3c(-c4ccc(N5CCC(c6ccc(OCCN7CCN(C)C(=O)[C@H]7C)cc6)CC5)nc4)cn(C)c(=O)c32)cc1. The van der Waals surface area contributed by atoms with E-state index < -0.39 is 15.6 Å². The van der Waals surface area contributed by atoms with Crippen LogP contribution in [-0.4, -0.2) is 173 Å². The van der Waals surface area contributed by atoms with Gasteiger partial charge in [-0.25, -0.2) is 22.4 Å². The number of pyridine rings is 4. The highest BCUT2D eigenvalue weighted by Gasteiger charge is 2.31. The lowest BCUT2D eigenvalue weighted by Crippen LogP contribution is -2.55. The van der Waals surface area contributed by atoms with Crippen LogP contribution in [0.15, 0.2) is 161 Å². The Kier molecular flexibility index (Phi) is 18.5. The van der Waals surface area contributed by atoms with Gasteiger partial charge in [-0.2, -0.15) is 0 Å². The standard InChI is InChI=1S/C39H44N6O5S.C32H38N6O3/c1-27-5-12-33(13-6-27)51(48,49)45-20-17-34-35(26-42(4)39(47)37(34)45)31-9-14-36(40-25-31)44-18-15-30(16-19-44)29-7-10-32(11-8-29)50-24-23-43-22-21-41(3)38(46)28(43)2;1-22-31(39)35(2)16-17-37(22)18-19-41-26-7-4-23(5-8-26)24-11-14-38(15-12-24)29-9-6-25(20-34-29)28-21-36(3)32(40)30-27(28)10-13-33-30/h5-14,17,20,25-26,28,30H,15-16,18-19,21-24H2,1-4H3;4-10,13,20-22,24,33H,11-12,14-19H2,1-3H3/t28-;22-/m11/s1. The molecule has 0 saturated carbocycles. The fourth-order valence-electron chi connectivity index (χ4n) is 13.4. The van der Waals surface area contributed by atoms with Gasteiger partial charge in [0.1, 0.15) is 47.4 Å². The fourth-order valence-corrected chi connectivity index (χ4v) is 14.7.